The molecular formula is C13H11ClN2O2S. The van der Waals surface area contributed by atoms with Gasteiger partial charge in [-0.1, -0.05) is 11.6 Å². The van der Waals surface area contributed by atoms with Gasteiger partial charge in [0.2, 0.25) is 0 Å². The fourth-order valence-corrected chi connectivity index (χ4v) is 2.36. The molecule has 6 heteroatoms. The highest BCUT2D eigenvalue weighted by atomic mass is 35.5. The number of carboxylic acid groups (broad SMARTS) is 1. The predicted molar refractivity (Wildman–Crippen MR) is 74.7 cm³/mol. The first-order valence-corrected chi connectivity index (χ1v) is 6.87. The second kappa shape index (κ2) is 6.04. The highest BCUT2D eigenvalue weighted by Crippen LogP contribution is 2.23. The van der Waals surface area contributed by atoms with Crippen LogP contribution in [0.25, 0.3) is 0 Å². The van der Waals surface area contributed by atoms with Crippen molar-refractivity contribution in [1.82, 2.24) is 9.97 Å². The minimum atomic E-state index is -1.01. The molecule has 0 aliphatic carbocycles. The number of rotatable bonds is 4. The molecule has 0 saturated heterocycles. The van der Waals surface area contributed by atoms with Gasteiger partial charge in [-0.25, -0.2) is 14.8 Å². The van der Waals surface area contributed by atoms with Gasteiger partial charge >= 0.3 is 5.97 Å². The van der Waals surface area contributed by atoms with E-state index < -0.39 is 5.97 Å². The highest BCUT2D eigenvalue weighted by molar-refractivity contribution is 7.98. The Morgan fingerprint density at radius 1 is 1.37 bits per heavy atom. The number of nitrogens with zero attached hydrogens (tertiary/aromatic N) is 2. The summed E-state index contributed by atoms with van der Waals surface area (Å²) in [5, 5.41) is 9.59. The number of benzene rings is 1. The van der Waals surface area contributed by atoms with E-state index in [0.717, 1.165) is 4.90 Å². The zero-order valence-corrected chi connectivity index (χ0v) is 11.7. The third-order valence-electron chi connectivity index (χ3n) is 2.44. The number of hydrogen-bond acceptors (Lipinski definition) is 4. The molecule has 0 aliphatic heterocycles. The zero-order chi connectivity index (χ0) is 13.8. The topological polar surface area (TPSA) is 63.1 Å². The predicted octanol–water partition coefficient (Wildman–Crippen LogP) is 3.43. The maximum Gasteiger partial charge on any atom is 0.339 e. The second-order valence-electron chi connectivity index (χ2n) is 3.83. The van der Waals surface area contributed by atoms with Crippen molar-refractivity contribution >= 4 is 29.3 Å². The van der Waals surface area contributed by atoms with E-state index in [0.29, 0.717) is 22.3 Å². The number of aromatic carboxylic acids is 1. The normalized spacial score (nSPS) is 10.4. The monoisotopic (exact) mass is 294 g/mol. The van der Waals surface area contributed by atoms with Gasteiger partial charge in [-0.15, -0.1) is 11.8 Å². The molecule has 98 valence electrons. The lowest BCUT2D eigenvalue weighted by molar-refractivity contribution is 0.0695. The summed E-state index contributed by atoms with van der Waals surface area (Å²) in [4.78, 5) is 20.2. The Morgan fingerprint density at radius 2 is 2.05 bits per heavy atom. The smallest absolute Gasteiger partial charge is 0.339 e. The van der Waals surface area contributed by atoms with Crippen molar-refractivity contribution in [2.45, 2.75) is 17.6 Å². The third-order valence-corrected chi connectivity index (χ3v) is 3.70. The number of aromatic nitrogens is 2. The molecule has 0 bridgehead atoms. The molecule has 0 fully saturated rings. The van der Waals surface area contributed by atoms with Crippen LogP contribution in [0.15, 0.2) is 35.4 Å². The molecule has 0 amide bonds. The number of thioether (sulfide) groups is 1. The van der Waals surface area contributed by atoms with E-state index in [4.69, 9.17) is 16.7 Å². The largest absolute Gasteiger partial charge is 0.478 e. The molecule has 0 unspecified atom stereocenters. The van der Waals surface area contributed by atoms with Crippen LogP contribution in [0.1, 0.15) is 21.9 Å². The van der Waals surface area contributed by atoms with Crippen LogP contribution in [0.2, 0.25) is 5.02 Å². The number of hydrogen-bond donors (Lipinski definition) is 1. The Morgan fingerprint density at radius 3 is 2.63 bits per heavy atom. The molecule has 2 aromatic rings. The van der Waals surface area contributed by atoms with Crippen molar-refractivity contribution in [2.75, 3.05) is 0 Å². The van der Waals surface area contributed by atoms with Gasteiger partial charge in [0.05, 0.1) is 17.0 Å². The second-order valence-corrected chi connectivity index (χ2v) is 5.32. The van der Waals surface area contributed by atoms with Crippen LogP contribution in [-0.2, 0) is 5.75 Å². The summed E-state index contributed by atoms with van der Waals surface area (Å²) in [5.74, 6) is 0.194. The van der Waals surface area contributed by atoms with Crippen molar-refractivity contribution in [2.24, 2.45) is 0 Å². The Kier molecular flexibility index (Phi) is 4.39. The maximum absolute atomic E-state index is 10.8. The number of carbonyl (C=O) groups is 1. The van der Waals surface area contributed by atoms with E-state index in [2.05, 4.69) is 9.97 Å². The molecule has 0 atom stereocenters. The van der Waals surface area contributed by atoms with Crippen LogP contribution in [0, 0.1) is 6.92 Å². The van der Waals surface area contributed by atoms with E-state index >= 15 is 0 Å². The van der Waals surface area contributed by atoms with Crippen molar-refractivity contribution in [3.05, 3.63) is 52.6 Å². The first kappa shape index (κ1) is 13.8. The fourth-order valence-electron chi connectivity index (χ4n) is 1.47. The van der Waals surface area contributed by atoms with E-state index in [1.807, 2.05) is 24.3 Å². The Bertz CT molecular complexity index is 602. The summed E-state index contributed by atoms with van der Waals surface area (Å²) in [5.41, 5.74) is 0.620. The highest BCUT2D eigenvalue weighted by Gasteiger charge is 2.09. The van der Waals surface area contributed by atoms with Gasteiger partial charge in [0.1, 0.15) is 5.82 Å². The SMILES string of the molecule is Cc1nc(CSc2ccc(Cl)cc2)ncc1C(=O)O. The number of aryl methyl sites for hydroxylation is 1. The van der Waals surface area contributed by atoms with Gasteiger partial charge in [-0.3, -0.25) is 0 Å². The Hall–Kier alpha value is -1.59. The minimum Gasteiger partial charge on any atom is -0.478 e. The van der Waals surface area contributed by atoms with Crippen molar-refractivity contribution in [3.8, 4) is 0 Å². The van der Waals surface area contributed by atoms with E-state index in [1.165, 1.54) is 6.20 Å². The van der Waals surface area contributed by atoms with Crippen molar-refractivity contribution < 1.29 is 9.90 Å². The van der Waals surface area contributed by atoms with Crippen LogP contribution in [0.5, 0.6) is 0 Å². The molecule has 0 saturated carbocycles. The summed E-state index contributed by atoms with van der Waals surface area (Å²) < 4.78 is 0. The molecular weight excluding hydrogens is 284 g/mol. The van der Waals surface area contributed by atoms with E-state index in [9.17, 15) is 4.79 Å². The quantitative estimate of drug-likeness (QED) is 0.875. The standard InChI is InChI=1S/C13H11ClN2O2S/c1-8-11(13(17)18)6-15-12(16-8)7-19-10-4-2-9(14)3-5-10/h2-6H,7H2,1H3,(H,17,18). The molecule has 0 radical (unpaired) electrons. The summed E-state index contributed by atoms with van der Waals surface area (Å²) in [7, 11) is 0. The fraction of sp³-hybridized carbons (Fsp3) is 0.154. The molecule has 0 aliphatic rings. The third kappa shape index (κ3) is 3.68. The summed E-state index contributed by atoms with van der Waals surface area (Å²) in [6.07, 6.45) is 1.35. The zero-order valence-electron chi connectivity index (χ0n) is 10.1. The lowest BCUT2D eigenvalue weighted by atomic mass is 10.2. The van der Waals surface area contributed by atoms with Crippen molar-refractivity contribution in [3.63, 3.8) is 0 Å². The molecule has 1 aromatic heterocycles. The molecule has 19 heavy (non-hydrogen) atoms. The van der Waals surface area contributed by atoms with Gasteiger partial charge in [0, 0.05) is 16.1 Å². The first-order valence-electron chi connectivity index (χ1n) is 5.50. The average Bonchev–Trinajstić information content (AvgIpc) is 2.37. The maximum atomic E-state index is 10.8. The number of carboxylic acids is 1. The first-order chi connectivity index (χ1) is 9.06. The lowest BCUT2D eigenvalue weighted by Gasteiger charge is -2.04. The summed E-state index contributed by atoms with van der Waals surface area (Å²) in [6.45, 7) is 1.67. The summed E-state index contributed by atoms with van der Waals surface area (Å²) in [6, 6.07) is 7.49. The van der Waals surface area contributed by atoms with Gasteiger partial charge in [-0.2, -0.15) is 0 Å². The van der Waals surface area contributed by atoms with E-state index in [1.54, 1.807) is 18.7 Å². The minimum absolute atomic E-state index is 0.139. The Balaban J connectivity index is 2.06. The molecule has 1 heterocycles. The van der Waals surface area contributed by atoms with Crippen LogP contribution < -0.4 is 0 Å². The molecule has 2 rings (SSSR count). The molecule has 1 N–H and O–H groups in total. The molecule has 0 spiro atoms. The van der Waals surface area contributed by atoms with Crippen LogP contribution in [0.4, 0.5) is 0 Å². The van der Waals surface area contributed by atoms with Crippen molar-refractivity contribution in [1.29, 1.82) is 0 Å². The lowest BCUT2D eigenvalue weighted by Crippen LogP contribution is -2.05. The average molecular weight is 295 g/mol. The van der Waals surface area contributed by atoms with Crippen LogP contribution in [0.3, 0.4) is 0 Å². The molecule has 4 nitrogen and oxygen atoms in total. The van der Waals surface area contributed by atoms with Gasteiger partial charge < -0.3 is 5.11 Å². The van der Waals surface area contributed by atoms with Crippen LogP contribution in [-0.4, -0.2) is 21.0 Å². The summed E-state index contributed by atoms with van der Waals surface area (Å²) >= 11 is 7.38. The van der Waals surface area contributed by atoms with E-state index in [-0.39, 0.29) is 5.56 Å². The number of halogens is 1. The Labute approximate surface area is 119 Å². The molecule has 1 aromatic carbocycles. The van der Waals surface area contributed by atoms with Gasteiger partial charge in [-0.05, 0) is 31.2 Å². The van der Waals surface area contributed by atoms with Gasteiger partial charge in [0.15, 0.2) is 0 Å². The van der Waals surface area contributed by atoms with Crippen LogP contribution >= 0.6 is 23.4 Å². The van der Waals surface area contributed by atoms with Gasteiger partial charge in [0.25, 0.3) is 0 Å².